The minimum Gasteiger partial charge on any atom is -0.335 e. The number of pyridine rings is 3. The molecular formula is C26H20N8OS. The van der Waals surface area contributed by atoms with Gasteiger partial charge in [-0.15, -0.1) is 11.3 Å². The third-order valence-electron chi connectivity index (χ3n) is 6.59. The smallest absolute Gasteiger partial charge is 0.227 e. The Morgan fingerprint density at radius 3 is 2.75 bits per heavy atom. The molecule has 3 N–H and O–H groups in total. The largest absolute Gasteiger partial charge is 0.335 e. The molecule has 0 bridgehead atoms. The van der Waals surface area contributed by atoms with E-state index in [0.717, 1.165) is 57.5 Å². The van der Waals surface area contributed by atoms with Crippen LogP contribution in [0.4, 0.5) is 5.69 Å². The van der Waals surface area contributed by atoms with E-state index in [9.17, 15) is 4.79 Å². The van der Waals surface area contributed by atoms with Crippen LogP contribution in [0.15, 0.2) is 60.5 Å². The number of hydrogen-bond acceptors (Lipinski definition) is 7. The van der Waals surface area contributed by atoms with Gasteiger partial charge in [0.25, 0.3) is 0 Å². The van der Waals surface area contributed by atoms with Crippen molar-refractivity contribution in [2.45, 2.75) is 19.3 Å². The van der Waals surface area contributed by atoms with E-state index in [1.807, 2.05) is 35.8 Å². The molecule has 1 amide bonds. The number of nitrogens with one attached hydrogen (secondary N) is 3. The average Bonchev–Trinajstić information content (AvgIpc) is 3.61. The third-order valence-corrected chi connectivity index (χ3v) is 7.49. The highest BCUT2D eigenvalue weighted by Crippen LogP contribution is 2.33. The molecule has 176 valence electrons. The molecule has 0 radical (unpaired) electrons. The SMILES string of the molecule is O=C(Nc1cncc(-c2ccc3[nH]nc(-c4nc5c(-c6cccs6)cncc5[nH]4)c3n2)c1)C1CCC1. The van der Waals surface area contributed by atoms with Crippen molar-refractivity contribution in [3.05, 3.63) is 60.5 Å². The zero-order chi connectivity index (χ0) is 24.1. The predicted molar refractivity (Wildman–Crippen MR) is 139 cm³/mol. The Bertz CT molecular complexity index is 1730. The van der Waals surface area contributed by atoms with Crippen molar-refractivity contribution < 1.29 is 4.79 Å². The highest BCUT2D eigenvalue weighted by molar-refractivity contribution is 7.13. The molecule has 0 aliphatic heterocycles. The van der Waals surface area contributed by atoms with Gasteiger partial charge in [-0.3, -0.25) is 19.9 Å². The van der Waals surface area contributed by atoms with Gasteiger partial charge in [-0.25, -0.2) is 9.97 Å². The maximum absolute atomic E-state index is 12.4. The van der Waals surface area contributed by atoms with E-state index < -0.39 is 0 Å². The number of nitrogens with zero attached hydrogens (tertiary/aromatic N) is 5. The van der Waals surface area contributed by atoms with Gasteiger partial charge < -0.3 is 10.3 Å². The summed E-state index contributed by atoms with van der Waals surface area (Å²) < 4.78 is 0. The summed E-state index contributed by atoms with van der Waals surface area (Å²) in [5.74, 6) is 0.782. The van der Waals surface area contributed by atoms with Crippen molar-refractivity contribution in [3.63, 3.8) is 0 Å². The topological polar surface area (TPSA) is 125 Å². The Kier molecular flexibility index (Phi) is 4.84. The van der Waals surface area contributed by atoms with Gasteiger partial charge >= 0.3 is 0 Å². The Hall–Kier alpha value is -4.44. The Morgan fingerprint density at radius 1 is 1.00 bits per heavy atom. The van der Waals surface area contributed by atoms with Crippen LogP contribution < -0.4 is 5.32 Å². The number of amides is 1. The van der Waals surface area contributed by atoms with Crippen molar-refractivity contribution >= 4 is 45.0 Å². The molecule has 7 rings (SSSR count). The molecule has 1 aliphatic carbocycles. The maximum atomic E-state index is 12.4. The zero-order valence-corrected chi connectivity index (χ0v) is 19.8. The van der Waals surface area contributed by atoms with Gasteiger partial charge in [0.2, 0.25) is 5.91 Å². The molecule has 1 aliphatic rings. The molecule has 0 saturated heterocycles. The van der Waals surface area contributed by atoms with Gasteiger partial charge in [-0.1, -0.05) is 12.5 Å². The molecule has 1 fully saturated rings. The molecule has 9 nitrogen and oxygen atoms in total. The fourth-order valence-electron chi connectivity index (χ4n) is 4.45. The van der Waals surface area contributed by atoms with Crippen molar-refractivity contribution in [3.8, 4) is 33.2 Å². The molecule has 0 unspecified atom stereocenters. The maximum Gasteiger partial charge on any atom is 0.227 e. The quantitative estimate of drug-likeness (QED) is 0.295. The fraction of sp³-hybridized carbons (Fsp3) is 0.154. The molecular weight excluding hydrogens is 472 g/mol. The van der Waals surface area contributed by atoms with Gasteiger partial charge in [-0.2, -0.15) is 5.10 Å². The number of carbonyl (C=O) groups excluding carboxylic acids is 1. The molecule has 0 aromatic carbocycles. The van der Waals surface area contributed by atoms with Crippen molar-refractivity contribution in [2.24, 2.45) is 5.92 Å². The number of anilines is 1. The van der Waals surface area contributed by atoms with E-state index in [1.54, 1.807) is 29.9 Å². The minimum absolute atomic E-state index is 0.0574. The van der Waals surface area contributed by atoms with Crippen LogP contribution in [0.1, 0.15) is 19.3 Å². The number of rotatable bonds is 5. The molecule has 6 aromatic rings. The number of aromatic nitrogens is 7. The number of hydrogen-bond donors (Lipinski definition) is 3. The number of fused-ring (bicyclic) bond motifs is 2. The van der Waals surface area contributed by atoms with Crippen LogP contribution in [0.25, 0.3) is 55.3 Å². The Morgan fingerprint density at radius 2 is 1.92 bits per heavy atom. The Balaban J connectivity index is 1.26. The number of thiophene rings is 1. The molecule has 10 heteroatoms. The van der Waals surface area contributed by atoms with E-state index in [2.05, 4.69) is 36.5 Å². The third kappa shape index (κ3) is 3.54. The molecule has 36 heavy (non-hydrogen) atoms. The second-order valence-corrected chi connectivity index (χ2v) is 9.84. The molecule has 6 aromatic heterocycles. The summed E-state index contributed by atoms with van der Waals surface area (Å²) in [4.78, 5) is 35.3. The standard InChI is InChI=1S/C26H20N8OS/c35-26(14-3-1-4-14)29-16-9-15(10-27-11-16)18-6-7-19-23(30-18)24(34-33-19)25-31-20-13-28-12-17(22(20)32-25)21-5-2-8-36-21/h2,5-14H,1,3-4H2,(H,29,35)(H,31,32)(H,33,34). The summed E-state index contributed by atoms with van der Waals surface area (Å²) in [6, 6.07) is 9.83. The van der Waals surface area contributed by atoms with Crippen LogP contribution >= 0.6 is 11.3 Å². The van der Waals surface area contributed by atoms with Gasteiger partial charge in [0.1, 0.15) is 11.0 Å². The monoisotopic (exact) mass is 492 g/mol. The summed E-state index contributed by atoms with van der Waals surface area (Å²) in [6.45, 7) is 0. The lowest BCUT2D eigenvalue weighted by atomic mass is 9.85. The van der Waals surface area contributed by atoms with Gasteiger partial charge in [0, 0.05) is 34.3 Å². The molecule has 1 saturated carbocycles. The molecule has 0 spiro atoms. The number of imidazole rings is 1. The summed E-state index contributed by atoms with van der Waals surface area (Å²) in [5, 5.41) is 12.6. The molecule has 0 atom stereocenters. The van der Waals surface area contributed by atoms with Crippen LogP contribution in [-0.2, 0) is 4.79 Å². The number of aromatic amines is 2. The second kappa shape index (κ2) is 8.35. The second-order valence-electron chi connectivity index (χ2n) is 8.89. The van der Waals surface area contributed by atoms with Crippen LogP contribution in [0.5, 0.6) is 0 Å². The van der Waals surface area contributed by atoms with E-state index in [0.29, 0.717) is 22.7 Å². The normalized spacial score (nSPS) is 13.8. The van der Waals surface area contributed by atoms with Crippen LogP contribution in [-0.4, -0.2) is 41.0 Å². The van der Waals surface area contributed by atoms with E-state index in [-0.39, 0.29) is 11.8 Å². The highest BCUT2D eigenvalue weighted by atomic mass is 32.1. The first kappa shape index (κ1) is 20.9. The summed E-state index contributed by atoms with van der Waals surface area (Å²) in [6.07, 6.45) is 10.0. The minimum atomic E-state index is 0.0574. The van der Waals surface area contributed by atoms with Gasteiger partial charge in [-0.05, 0) is 42.5 Å². The fourth-order valence-corrected chi connectivity index (χ4v) is 5.18. The van der Waals surface area contributed by atoms with Crippen molar-refractivity contribution in [2.75, 3.05) is 5.32 Å². The van der Waals surface area contributed by atoms with E-state index >= 15 is 0 Å². The van der Waals surface area contributed by atoms with Crippen LogP contribution in [0.2, 0.25) is 0 Å². The summed E-state index contributed by atoms with van der Waals surface area (Å²) in [5.41, 5.74) is 6.99. The van der Waals surface area contributed by atoms with Crippen molar-refractivity contribution in [1.82, 2.24) is 35.1 Å². The first-order chi connectivity index (χ1) is 17.7. The average molecular weight is 493 g/mol. The van der Waals surface area contributed by atoms with Gasteiger partial charge in [0.15, 0.2) is 11.5 Å². The first-order valence-corrected chi connectivity index (χ1v) is 12.6. The van der Waals surface area contributed by atoms with E-state index in [1.165, 1.54) is 0 Å². The zero-order valence-electron chi connectivity index (χ0n) is 19.0. The lowest BCUT2D eigenvalue weighted by molar-refractivity contribution is -0.122. The van der Waals surface area contributed by atoms with Crippen LogP contribution in [0, 0.1) is 5.92 Å². The lowest BCUT2D eigenvalue weighted by Crippen LogP contribution is -2.28. The predicted octanol–water partition coefficient (Wildman–Crippen LogP) is 5.43. The summed E-state index contributed by atoms with van der Waals surface area (Å²) >= 11 is 1.65. The summed E-state index contributed by atoms with van der Waals surface area (Å²) in [7, 11) is 0. The van der Waals surface area contributed by atoms with Gasteiger partial charge in [0.05, 0.1) is 34.8 Å². The number of carbonyl (C=O) groups is 1. The first-order valence-electron chi connectivity index (χ1n) is 11.7. The highest BCUT2D eigenvalue weighted by Gasteiger charge is 2.25. The number of H-pyrrole nitrogens is 2. The lowest BCUT2D eigenvalue weighted by Gasteiger charge is -2.24. The van der Waals surface area contributed by atoms with Crippen molar-refractivity contribution in [1.29, 1.82) is 0 Å². The Labute approximate surface area is 209 Å². The van der Waals surface area contributed by atoms with E-state index in [4.69, 9.17) is 9.97 Å². The van der Waals surface area contributed by atoms with Crippen LogP contribution in [0.3, 0.4) is 0 Å². The molecule has 6 heterocycles.